The Morgan fingerprint density at radius 2 is 1.82 bits per heavy atom. The molecule has 0 unspecified atom stereocenters. The lowest BCUT2D eigenvalue weighted by molar-refractivity contribution is -0.131. The number of alkyl carbamates (subject to hydrolysis) is 1. The van der Waals surface area contributed by atoms with Crippen molar-refractivity contribution in [2.24, 2.45) is 0 Å². The normalized spacial score (nSPS) is 14.6. The van der Waals surface area contributed by atoms with Gasteiger partial charge in [-0.15, -0.1) is 0 Å². The van der Waals surface area contributed by atoms with E-state index < -0.39 is 33.5 Å². The van der Waals surface area contributed by atoms with E-state index in [1.54, 1.807) is 20.8 Å². The molecule has 0 radical (unpaired) electrons. The van der Waals surface area contributed by atoms with E-state index in [-0.39, 0.29) is 66.8 Å². The highest BCUT2D eigenvalue weighted by Crippen LogP contribution is 2.26. The first-order valence-corrected chi connectivity index (χ1v) is 14.2. The van der Waals surface area contributed by atoms with Crippen LogP contribution in [0.5, 0.6) is 5.88 Å². The summed E-state index contributed by atoms with van der Waals surface area (Å²) in [6, 6.07) is 5.10. The van der Waals surface area contributed by atoms with E-state index >= 15 is 0 Å². The van der Waals surface area contributed by atoms with E-state index in [1.807, 2.05) is 0 Å². The summed E-state index contributed by atoms with van der Waals surface area (Å²) in [7, 11) is -2.72. The number of amides is 2. The summed E-state index contributed by atoms with van der Waals surface area (Å²) in [6.45, 7) is 5.08. The monoisotopic (exact) mass is 588 g/mol. The van der Waals surface area contributed by atoms with Crippen LogP contribution in [0.3, 0.4) is 0 Å². The van der Waals surface area contributed by atoms with Crippen molar-refractivity contribution < 1.29 is 36.3 Å². The lowest BCUT2D eigenvalue weighted by Crippen LogP contribution is -2.53. The number of benzene rings is 1. The molecule has 2 heterocycles. The second-order valence-electron chi connectivity index (χ2n) is 9.32. The van der Waals surface area contributed by atoms with Gasteiger partial charge in [0, 0.05) is 43.6 Å². The molecule has 12 nitrogen and oxygen atoms in total. The van der Waals surface area contributed by atoms with Gasteiger partial charge in [0.2, 0.25) is 11.8 Å². The molecule has 0 saturated carbocycles. The number of halogens is 2. The third-order valence-corrected chi connectivity index (χ3v) is 7.64. The molecule has 0 atom stereocenters. The third-order valence-electron chi connectivity index (χ3n) is 5.23. The topological polar surface area (TPSA) is 143 Å². The zero-order valence-electron chi connectivity index (χ0n) is 21.9. The zero-order valence-corrected chi connectivity index (χ0v) is 23.5. The van der Waals surface area contributed by atoms with Gasteiger partial charge in [-0.1, -0.05) is 23.9 Å². The van der Waals surface area contributed by atoms with Crippen molar-refractivity contribution in [3.8, 4) is 5.88 Å². The fraction of sp³-hybridized carbons (Fsp3) is 0.478. The molecule has 3 rings (SSSR count). The van der Waals surface area contributed by atoms with Crippen molar-refractivity contribution in [2.45, 2.75) is 37.3 Å². The van der Waals surface area contributed by atoms with E-state index in [2.05, 4.69) is 20.0 Å². The maximum Gasteiger partial charge on any atom is 0.408 e. The smallest absolute Gasteiger partial charge is 0.408 e. The summed E-state index contributed by atoms with van der Waals surface area (Å²) in [4.78, 5) is 33.9. The minimum Gasteiger partial charge on any atom is -0.481 e. The van der Waals surface area contributed by atoms with Crippen LogP contribution in [-0.4, -0.2) is 85.0 Å². The van der Waals surface area contributed by atoms with Gasteiger partial charge >= 0.3 is 16.3 Å². The summed E-state index contributed by atoms with van der Waals surface area (Å²) in [5, 5.41) is 2.48. The van der Waals surface area contributed by atoms with Gasteiger partial charge in [-0.25, -0.2) is 18.6 Å². The Bertz CT molecular complexity index is 1300. The number of aromatic nitrogens is 2. The van der Waals surface area contributed by atoms with Crippen LogP contribution in [0, 0.1) is 11.6 Å². The number of anilines is 1. The number of ether oxygens (including phenoxy) is 2. The average Bonchev–Trinajstić information content (AvgIpc) is 2.86. The van der Waals surface area contributed by atoms with Crippen molar-refractivity contribution >= 4 is 39.8 Å². The molecule has 16 heteroatoms. The molecule has 2 N–H and O–H groups in total. The number of methoxy groups -OCH3 is 1. The minimum atomic E-state index is -4.06. The quantitative estimate of drug-likeness (QED) is 0.333. The zero-order chi connectivity index (χ0) is 28.8. The molecule has 0 aliphatic carbocycles. The predicted octanol–water partition coefficient (Wildman–Crippen LogP) is 2.38. The molecule has 1 aliphatic heterocycles. The molecule has 214 valence electrons. The van der Waals surface area contributed by atoms with Crippen molar-refractivity contribution in [1.29, 1.82) is 0 Å². The van der Waals surface area contributed by atoms with Gasteiger partial charge in [0.05, 0.1) is 7.11 Å². The molecule has 2 aromatic rings. The van der Waals surface area contributed by atoms with E-state index in [4.69, 9.17) is 9.47 Å². The number of carbonyl (C=O) groups is 2. The van der Waals surface area contributed by atoms with Crippen molar-refractivity contribution in [3.05, 3.63) is 41.5 Å². The molecular formula is C23H30F2N6O6S2. The fourth-order valence-corrected chi connectivity index (χ4v) is 5.34. The highest BCUT2D eigenvalue weighted by atomic mass is 32.2. The third kappa shape index (κ3) is 8.90. The summed E-state index contributed by atoms with van der Waals surface area (Å²) >= 11 is 0.974. The Morgan fingerprint density at radius 1 is 1.13 bits per heavy atom. The van der Waals surface area contributed by atoms with Crippen LogP contribution in [0.25, 0.3) is 0 Å². The van der Waals surface area contributed by atoms with E-state index in [0.29, 0.717) is 0 Å². The fourth-order valence-electron chi connectivity index (χ4n) is 3.38. The van der Waals surface area contributed by atoms with E-state index in [0.717, 1.165) is 22.1 Å². The lowest BCUT2D eigenvalue weighted by Gasteiger charge is -2.34. The van der Waals surface area contributed by atoms with Crippen molar-refractivity contribution in [1.82, 2.24) is 24.5 Å². The van der Waals surface area contributed by atoms with Crippen LogP contribution >= 0.6 is 11.8 Å². The second-order valence-corrected chi connectivity index (χ2v) is 11.9. The van der Waals surface area contributed by atoms with Crippen LogP contribution in [0.1, 0.15) is 26.3 Å². The lowest BCUT2D eigenvalue weighted by atomic mass is 10.2. The number of piperazine rings is 1. The van der Waals surface area contributed by atoms with Crippen LogP contribution in [0.15, 0.2) is 29.4 Å². The largest absolute Gasteiger partial charge is 0.481 e. The Morgan fingerprint density at radius 3 is 2.46 bits per heavy atom. The Hall–Kier alpha value is -3.24. The molecular weight excluding hydrogens is 558 g/mol. The maximum absolute atomic E-state index is 14.0. The minimum absolute atomic E-state index is 0.00171. The molecule has 1 aromatic heterocycles. The molecule has 1 aromatic carbocycles. The van der Waals surface area contributed by atoms with Gasteiger partial charge in [-0.3, -0.25) is 9.52 Å². The molecule has 1 aliphatic rings. The number of nitrogens with zero attached hydrogens (tertiary/aromatic N) is 4. The number of thioether (sulfide) groups is 1. The van der Waals surface area contributed by atoms with Crippen LogP contribution in [0.4, 0.5) is 19.4 Å². The van der Waals surface area contributed by atoms with Gasteiger partial charge in [-0.05, 0) is 26.8 Å². The highest BCUT2D eigenvalue weighted by Gasteiger charge is 2.30. The number of rotatable bonds is 9. The molecule has 2 amide bonds. The van der Waals surface area contributed by atoms with Gasteiger partial charge in [-0.2, -0.15) is 17.7 Å². The van der Waals surface area contributed by atoms with Gasteiger partial charge in [0.15, 0.2) is 16.8 Å². The predicted molar refractivity (Wildman–Crippen MR) is 139 cm³/mol. The number of carbonyl (C=O) groups excluding carboxylic acids is 2. The molecule has 0 spiro atoms. The van der Waals surface area contributed by atoms with Gasteiger partial charge < -0.3 is 19.7 Å². The second kappa shape index (κ2) is 12.7. The van der Waals surface area contributed by atoms with E-state index in [9.17, 15) is 26.8 Å². The molecule has 0 bridgehead atoms. The summed E-state index contributed by atoms with van der Waals surface area (Å²) < 4.78 is 67.2. The average molecular weight is 589 g/mol. The summed E-state index contributed by atoms with van der Waals surface area (Å²) in [5.41, 5.74) is -0.603. The maximum atomic E-state index is 14.0. The molecule has 1 fully saturated rings. The standard InChI is InChI=1S/C23H30F2N6O6S2/c1-23(2,3)37-22(33)26-13-19(32)30-8-10-31(11-9-30)39(34,35)29-17-12-18(36-4)28-21(27-17)38-14-15-6-5-7-16(24)20(15)25/h5-7,12H,8-11,13-14H2,1-4H3,(H,26,33)(H,27,28,29). The van der Waals surface area contributed by atoms with Gasteiger partial charge in [0.25, 0.3) is 0 Å². The molecule has 39 heavy (non-hydrogen) atoms. The highest BCUT2D eigenvalue weighted by molar-refractivity contribution is 7.98. The summed E-state index contributed by atoms with van der Waals surface area (Å²) in [6.07, 6.45) is -0.722. The van der Waals surface area contributed by atoms with Crippen LogP contribution in [-0.2, 0) is 25.5 Å². The number of hydrogen-bond acceptors (Lipinski definition) is 9. The molecule has 1 saturated heterocycles. The van der Waals surface area contributed by atoms with Crippen molar-refractivity contribution in [2.75, 3.05) is 44.6 Å². The van der Waals surface area contributed by atoms with Crippen LogP contribution < -0.4 is 14.8 Å². The first kappa shape index (κ1) is 30.3. The Kier molecular flexibility index (Phi) is 9.90. The van der Waals surface area contributed by atoms with Crippen LogP contribution in [0.2, 0.25) is 0 Å². The number of nitrogens with one attached hydrogen (secondary N) is 2. The first-order valence-electron chi connectivity index (χ1n) is 11.8. The number of hydrogen-bond donors (Lipinski definition) is 2. The Balaban J connectivity index is 1.58. The van der Waals surface area contributed by atoms with Crippen molar-refractivity contribution in [3.63, 3.8) is 0 Å². The SMILES string of the molecule is COc1cc(NS(=O)(=O)N2CCN(C(=O)CNC(=O)OC(C)(C)C)CC2)nc(SCc2cccc(F)c2F)n1. The van der Waals surface area contributed by atoms with E-state index in [1.165, 1.54) is 30.2 Å². The summed E-state index contributed by atoms with van der Waals surface area (Å²) in [5.74, 6) is -2.34. The van der Waals surface area contributed by atoms with Gasteiger partial charge in [0.1, 0.15) is 18.0 Å². The first-order chi connectivity index (χ1) is 18.3. The Labute approximate surface area is 229 Å².